The molecule has 0 amide bonds. The molecule has 1 atom stereocenters. The highest BCUT2D eigenvalue weighted by Crippen LogP contribution is 2.11. The van der Waals surface area contributed by atoms with Crippen LogP contribution in [0.3, 0.4) is 0 Å². The van der Waals surface area contributed by atoms with Crippen LogP contribution in [0.4, 0.5) is 11.6 Å². The summed E-state index contributed by atoms with van der Waals surface area (Å²) in [6, 6.07) is 1.84. The first-order chi connectivity index (χ1) is 6.63. The van der Waals surface area contributed by atoms with E-state index in [1.807, 2.05) is 18.0 Å². The van der Waals surface area contributed by atoms with Gasteiger partial charge in [-0.15, -0.1) is 0 Å². The van der Waals surface area contributed by atoms with Gasteiger partial charge in [0.15, 0.2) is 0 Å². The SMILES string of the molecule is CNc1cc(N(C)CC(C)O)ncn1. The van der Waals surface area contributed by atoms with Crippen molar-refractivity contribution in [1.82, 2.24) is 9.97 Å². The monoisotopic (exact) mass is 196 g/mol. The smallest absolute Gasteiger partial charge is 0.133 e. The predicted molar refractivity (Wildman–Crippen MR) is 56.5 cm³/mol. The zero-order valence-electron chi connectivity index (χ0n) is 8.73. The maximum absolute atomic E-state index is 9.21. The minimum absolute atomic E-state index is 0.368. The van der Waals surface area contributed by atoms with Crippen LogP contribution in [0.25, 0.3) is 0 Å². The minimum atomic E-state index is -0.368. The maximum atomic E-state index is 9.21. The number of aliphatic hydroxyl groups is 1. The van der Waals surface area contributed by atoms with Crippen LogP contribution in [0.2, 0.25) is 0 Å². The van der Waals surface area contributed by atoms with E-state index in [1.165, 1.54) is 6.33 Å². The Morgan fingerprint density at radius 3 is 2.86 bits per heavy atom. The number of nitrogens with zero attached hydrogens (tertiary/aromatic N) is 3. The lowest BCUT2D eigenvalue weighted by Gasteiger charge is -2.19. The highest BCUT2D eigenvalue weighted by Gasteiger charge is 2.06. The molecule has 0 fully saturated rings. The zero-order chi connectivity index (χ0) is 10.6. The minimum Gasteiger partial charge on any atom is -0.392 e. The Balaban J connectivity index is 2.73. The highest BCUT2D eigenvalue weighted by atomic mass is 16.3. The molecule has 1 aromatic heterocycles. The molecule has 1 unspecified atom stereocenters. The number of hydrogen-bond acceptors (Lipinski definition) is 5. The van der Waals surface area contributed by atoms with Crippen molar-refractivity contribution in [2.45, 2.75) is 13.0 Å². The van der Waals surface area contributed by atoms with E-state index in [1.54, 1.807) is 14.0 Å². The average molecular weight is 196 g/mol. The molecule has 0 aliphatic carbocycles. The quantitative estimate of drug-likeness (QED) is 0.727. The van der Waals surface area contributed by atoms with Gasteiger partial charge in [-0.1, -0.05) is 0 Å². The number of rotatable bonds is 4. The van der Waals surface area contributed by atoms with Crippen LogP contribution in [0, 0.1) is 0 Å². The number of likely N-dealkylation sites (N-methyl/N-ethyl adjacent to an activating group) is 1. The van der Waals surface area contributed by atoms with Gasteiger partial charge in [-0.2, -0.15) is 0 Å². The van der Waals surface area contributed by atoms with E-state index in [4.69, 9.17) is 0 Å². The molecule has 0 radical (unpaired) electrons. The Bertz CT molecular complexity index is 290. The van der Waals surface area contributed by atoms with Crippen LogP contribution in [-0.4, -0.2) is 41.8 Å². The molecule has 0 saturated heterocycles. The first-order valence-corrected chi connectivity index (χ1v) is 4.52. The molecule has 5 nitrogen and oxygen atoms in total. The Morgan fingerprint density at radius 2 is 2.29 bits per heavy atom. The van der Waals surface area contributed by atoms with Crippen molar-refractivity contribution in [2.24, 2.45) is 0 Å². The molecule has 0 bridgehead atoms. The molecule has 0 aliphatic heterocycles. The summed E-state index contributed by atoms with van der Waals surface area (Å²) >= 11 is 0. The summed E-state index contributed by atoms with van der Waals surface area (Å²) in [5.74, 6) is 1.57. The fraction of sp³-hybridized carbons (Fsp3) is 0.556. The third kappa shape index (κ3) is 2.85. The van der Waals surface area contributed by atoms with Crippen molar-refractivity contribution in [1.29, 1.82) is 0 Å². The normalized spacial score (nSPS) is 12.3. The first kappa shape index (κ1) is 10.7. The Kier molecular flexibility index (Phi) is 3.64. The van der Waals surface area contributed by atoms with Gasteiger partial charge in [-0.05, 0) is 6.92 Å². The van der Waals surface area contributed by atoms with Gasteiger partial charge in [0.25, 0.3) is 0 Å². The summed E-state index contributed by atoms with van der Waals surface area (Å²) < 4.78 is 0. The largest absolute Gasteiger partial charge is 0.392 e. The number of nitrogens with one attached hydrogen (secondary N) is 1. The predicted octanol–water partition coefficient (Wildman–Crippen LogP) is 0.335. The molecule has 5 heteroatoms. The number of aromatic nitrogens is 2. The number of aliphatic hydroxyl groups excluding tert-OH is 1. The highest BCUT2D eigenvalue weighted by molar-refractivity contribution is 5.47. The summed E-state index contributed by atoms with van der Waals surface area (Å²) in [4.78, 5) is 9.99. The van der Waals surface area contributed by atoms with Crippen molar-refractivity contribution in [3.05, 3.63) is 12.4 Å². The van der Waals surface area contributed by atoms with Crippen LogP contribution < -0.4 is 10.2 Å². The lowest BCUT2D eigenvalue weighted by Crippen LogP contribution is -2.27. The third-order valence-corrected chi connectivity index (χ3v) is 1.84. The second-order valence-corrected chi connectivity index (χ2v) is 3.24. The van der Waals surface area contributed by atoms with Gasteiger partial charge in [-0.3, -0.25) is 0 Å². The van der Waals surface area contributed by atoms with Crippen LogP contribution in [0.1, 0.15) is 6.92 Å². The fourth-order valence-corrected chi connectivity index (χ4v) is 1.18. The summed E-state index contributed by atoms with van der Waals surface area (Å²) in [5.41, 5.74) is 0. The second kappa shape index (κ2) is 4.76. The molecule has 0 aliphatic rings. The van der Waals surface area contributed by atoms with Crippen LogP contribution >= 0.6 is 0 Å². The van der Waals surface area contributed by atoms with E-state index in [-0.39, 0.29) is 6.10 Å². The standard InChI is InChI=1S/C9H16N4O/c1-7(14)5-13(3)9-4-8(10-2)11-6-12-9/h4,6-7,14H,5H2,1-3H3,(H,10,11,12). The van der Waals surface area contributed by atoms with Crippen LogP contribution in [-0.2, 0) is 0 Å². The van der Waals surface area contributed by atoms with Crippen molar-refractivity contribution in [2.75, 3.05) is 30.9 Å². The molecule has 1 rings (SSSR count). The van der Waals surface area contributed by atoms with Crippen LogP contribution in [0.5, 0.6) is 0 Å². The van der Waals surface area contributed by atoms with E-state index in [2.05, 4.69) is 15.3 Å². The topological polar surface area (TPSA) is 61.3 Å². The summed E-state index contributed by atoms with van der Waals surface area (Å²) in [6.07, 6.45) is 1.13. The number of anilines is 2. The van der Waals surface area contributed by atoms with Crippen molar-refractivity contribution < 1.29 is 5.11 Å². The van der Waals surface area contributed by atoms with Gasteiger partial charge in [0.2, 0.25) is 0 Å². The molecule has 2 N–H and O–H groups in total. The zero-order valence-corrected chi connectivity index (χ0v) is 8.73. The Hall–Kier alpha value is -1.36. The molecule has 78 valence electrons. The molecule has 1 aromatic rings. The average Bonchev–Trinajstić information content (AvgIpc) is 2.17. The van der Waals surface area contributed by atoms with E-state index >= 15 is 0 Å². The van der Waals surface area contributed by atoms with Crippen molar-refractivity contribution in [3.8, 4) is 0 Å². The van der Waals surface area contributed by atoms with E-state index in [0.29, 0.717) is 6.54 Å². The maximum Gasteiger partial charge on any atom is 0.133 e. The van der Waals surface area contributed by atoms with Gasteiger partial charge in [0.1, 0.15) is 18.0 Å². The molecule has 0 saturated carbocycles. The van der Waals surface area contributed by atoms with E-state index in [9.17, 15) is 5.11 Å². The lowest BCUT2D eigenvalue weighted by atomic mass is 10.3. The molecular weight excluding hydrogens is 180 g/mol. The van der Waals surface area contributed by atoms with E-state index < -0.39 is 0 Å². The molecular formula is C9H16N4O. The van der Waals surface area contributed by atoms with Gasteiger partial charge in [-0.25, -0.2) is 9.97 Å². The molecule has 1 heterocycles. The lowest BCUT2D eigenvalue weighted by molar-refractivity contribution is 0.201. The second-order valence-electron chi connectivity index (χ2n) is 3.24. The van der Waals surface area contributed by atoms with Crippen LogP contribution in [0.15, 0.2) is 12.4 Å². The number of hydrogen-bond donors (Lipinski definition) is 2. The first-order valence-electron chi connectivity index (χ1n) is 4.52. The van der Waals surface area contributed by atoms with Crippen molar-refractivity contribution >= 4 is 11.6 Å². The third-order valence-electron chi connectivity index (χ3n) is 1.84. The summed E-state index contributed by atoms with van der Waals surface area (Å²) in [7, 11) is 3.69. The molecule has 0 aromatic carbocycles. The van der Waals surface area contributed by atoms with Gasteiger partial charge in [0, 0.05) is 26.7 Å². The Labute approximate surface area is 83.8 Å². The summed E-state index contributed by atoms with van der Waals surface area (Å²) in [6.45, 7) is 2.30. The Morgan fingerprint density at radius 1 is 1.57 bits per heavy atom. The van der Waals surface area contributed by atoms with Crippen molar-refractivity contribution in [3.63, 3.8) is 0 Å². The fourth-order valence-electron chi connectivity index (χ4n) is 1.18. The van der Waals surface area contributed by atoms with E-state index in [0.717, 1.165) is 11.6 Å². The van der Waals surface area contributed by atoms with Gasteiger partial charge < -0.3 is 15.3 Å². The van der Waals surface area contributed by atoms with Gasteiger partial charge >= 0.3 is 0 Å². The van der Waals surface area contributed by atoms with Gasteiger partial charge in [0.05, 0.1) is 6.10 Å². The molecule has 14 heavy (non-hydrogen) atoms. The summed E-state index contributed by atoms with van der Waals surface area (Å²) in [5, 5.41) is 12.1. The molecule has 0 spiro atoms.